The largest absolute Gasteiger partial charge is 0.334 e. The van der Waals surface area contributed by atoms with Gasteiger partial charge < -0.3 is 9.05 Å². The number of rotatable bonds is 3. The molecule has 0 amide bonds. The Hall–Kier alpha value is 0.150. The fourth-order valence-corrected chi connectivity index (χ4v) is 0.856. The van der Waals surface area contributed by atoms with Crippen molar-refractivity contribution in [2.24, 2.45) is 0 Å². The van der Waals surface area contributed by atoms with Gasteiger partial charge in [-0.15, -0.1) is 0 Å². The minimum atomic E-state index is -2.79. The van der Waals surface area contributed by atoms with E-state index in [4.69, 9.17) is 0 Å². The summed E-state index contributed by atoms with van der Waals surface area (Å²) in [4.78, 5) is 0. The lowest BCUT2D eigenvalue weighted by molar-refractivity contribution is 0.282. The minimum Gasteiger partial charge on any atom is -0.334 e. The van der Waals surface area contributed by atoms with Crippen LogP contribution in [0.2, 0.25) is 0 Å². The lowest BCUT2D eigenvalue weighted by Crippen LogP contribution is -1.84. The quantitative estimate of drug-likeness (QED) is 0.438. The van der Waals surface area contributed by atoms with Gasteiger partial charge in [-0.2, -0.15) is 6.92 Å². The third kappa shape index (κ3) is 1.95. The molecule has 0 heterocycles. The van der Waals surface area contributed by atoms with E-state index in [1.54, 1.807) is 6.92 Å². The van der Waals surface area contributed by atoms with Crippen LogP contribution in [-0.2, 0) is 13.6 Å². The highest BCUT2D eigenvalue weighted by Crippen LogP contribution is 2.48. The lowest BCUT2D eigenvalue weighted by Gasteiger charge is -2.18. The summed E-state index contributed by atoms with van der Waals surface area (Å²) in [6.45, 7) is 1.63. The summed E-state index contributed by atoms with van der Waals surface area (Å²) in [6.07, 6.45) is 1.41. The predicted octanol–water partition coefficient (Wildman–Crippen LogP) is 1.65. The molecule has 0 fully saturated rings. The van der Waals surface area contributed by atoms with Gasteiger partial charge in [-0.05, 0) is 0 Å². The van der Waals surface area contributed by atoms with Crippen LogP contribution in [0.25, 0.3) is 0 Å². The minimum absolute atomic E-state index is 1.35. The van der Waals surface area contributed by atoms with Crippen LogP contribution in [0.3, 0.4) is 0 Å². The highest BCUT2D eigenvalue weighted by molar-refractivity contribution is 7.56. The highest BCUT2D eigenvalue weighted by Gasteiger charge is 2.03. The monoisotopic (exact) mass is 137 g/mol. The van der Waals surface area contributed by atoms with E-state index >= 15 is 0 Å². The molecule has 0 atom stereocenters. The van der Waals surface area contributed by atoms with E-state index in [2.05, 4.69) is 9.05 Å². The van der Waals surface area contributed by atoms with E-state index in [0.717, 1.165) is 0 Å². The van der Waals surface area contributed by atoms with E-state index in [0.29, 0.717) is 0 Å². The smallest absolute Gasteiger partial charge is 0.186 e. The van der Waals surface area contributed by atoms with Gasteiger partial charge in [-0.3, -0.25) is 4.57 Å². The second-order valence-corrected chi connectivity index (χ2v) is 3.49. The predicted molar refractivity (Wildman–Crippen MR) is 31.6 cm³/mol. The molecule has 0 N–H and O–H groups in total. The van der Waals surface area contributed by atoms with Crippen molar-refractivity contribution in [3.63, 3.8) is 0 Å². The molecule has 0 aliphatic rings. The zero-order valence-corrected chi connectivity index (χ0v) is 6.14. The number of hydrogen-bond acceptors (Lipinski definition) is 3. The van der Waals surface area contributed by atoms with Gasteiger partial charge in [0.25, 0.3) is 0 Å². The molecule has 0 aromatic heterocycles. The Labute approximate surface area is 49.5 Å². The van der Waals surface area contributed by atoms with E-state index in [1.165, 1.54) is 20.4 Å². The average Bonchev–Trinajstić information content (AvgIpc) is 1.87. The number of hydrogen-bond donors (Lipinski definition) is 0. The first-order chi connectivity index (χ1) is 3.68. The van der Waals surface area contributed by atoms with Gasteiger partial charge in [-0.25, -0.2) is 6.16 Å². The van der Waals surface area contributed by atoms with Crippen LogP contribution >= 0.6 is 7.60 Å². The van der Waals surface area contributed by atoms with Crippen molar-refractivity contribution < 1.29 is 13.6 Å². The van der Waals surface area contributed by atoms with Crippen molar-refractivity contribution in [2.45, 2.75) is 6.92 Å². The van der Waals surface area contributed by atoms with E-state index in [9.17, 15) is 4.57 Å². The Bertz CT molecular complexity index is 82.4. The second-order valence-electron chi connectivity index (χ2n) is 1.16. The molecule has 0 rings (SSSR count). The molecule has 0 radical (unpaired) electrons. The first-order valence-corrected chi connectivity index (χ1v) is 3.81. The maximum absolute atomic E-state index is 10.8. The van der Waals surface area contributed by atoms with E-state index in [1.807, 2.05) is 0 Å². The van der Waals surface area contributed by atoms with Gasteiger partial charge in [0.2, 0.25) is 0 Å². The van der Waals surface area contributed by atoms with Crippen LogP contribution in [0.1, 0.15) is 6.92 Å². The fourth-order valence-electron chi connectivity index (χ4n) is 0.285. The molecule has 8 heavy (non-hydrogen) atoms. The molecule has 0 spiro atoms. The van der Waals surface area contributed by atoms with Crippen molar-refractivity contribution in [2.75, 3.05) is 14.2 Å². The molecule has 0 aliphatic carbocycles. The van der Waals surface area contributed by atoms with E-state index < -0.39 is 7.60 Å². The van der Waals surface area contributed by atoms with Crippen LogP contribution in [0, 0.1) is 6.16 Å². The topological polar surface area (TPSA) is 35.5 Å². The van der Waals surface area contributed by atoms with Crippen LogP contribution in [0.4, 0.5) is 0 Å². The molecule has 3 nitrogen and oxygen atoms in total. The molecular formula is C4H10O3P-. The summed E-state index contributed by atoms with van der Waals surface area (Å²) in [7, 11) is -0.0841. The normalized spacial score (nSPS) is 11.9. The Morgan fingerprint density at radius 2 is 1.75 bits per heavy atom. The lowest BCUT2D eigenvalue weighted by atomic mass is 11.0. The first-order valence-electron chi connectivity index (χ1n) is 2.20. The van der Waals surface area contributed by atoms with Crippen LogP contribution in [0.15, 0.2) is 0 Å². The molecule has 0 aromatic carbocycles. The molecule has 4 heteroatoms. The van der Waals surface area contributed by atoms with Gasteiger partial charge in [0.05, 0.1) is 0 Å². The van der Waals surface area contributed by atoms with Crippen LogP contribution in [-0.4, -0.2) is 14.2 Å². The first kappa shape index (κ1) is 8.15. The Morgan fingerprint density at radius 3 is 1.75 bits per heavy atom. The molecule has 50 valence electrons. The van der Waals surface area contributed by atoms with Gasteiger partial charge >= 0.3 is 0 Å². The molecule has 0 aromatic rings. The maximum atomic E-state index is 10.8. The van der Waals surface area contributed by atoms with Gasteiger partial charge in [0.15, 0.2) is 7.60 Å². The summed E-state index contributed by atoms with van der Waals surface area (Å²) in [5.74, 6) is 0. The maximum Gasteiger partial charge on any atom is 0.186 e. The molecule has 0 unspecified atom stereocenters. The second kappa shape index (κ2) is 3.23. The third-order valence-corrected chi connectivity index (χ3v) is 2.48. The van der Waals surface area contributed by atoms with Crippen molar-refractivity contribution >= 4 is 7.60 Å². The van der Waals surface area contributed by atoms with E-state index in [-0.39, 0.29) is 0 Å². The van der Waals surface area contributed by atoms with Crippen LogP contribution < -0.4 is 0 Å². The van der Waals surface area contributed by atoms with Crippen molar-refractivity contribution in [3.05, 3.63) is 6.16 Å². The summed E-state index contributed by atoms with van der Waals surface area (Å²) >= 11 is 0. The van der Waals surface area contributed by atoms with Crippen LogP contribution in [0.5, 0.6) is 0 Å². The third-order valence-electron chi connectivity index (χ3n) is 0.825. The Balaban J connectivity index is 3.79. The molecule has 0 bridgehead atoms. The van der Waals surface area contributed by atoms with Crippen molar-refractivity contribution in [1.29, 1.82) is 0 Å². The van der Waals surface area contributed by atoms with Crippen molar-refractivity contribution in [3.8, 4) is 0 Å². The summed E-state index contributed by atoms with van der Waals surface area (Å²) in [6, 6.07) is 0. The fraction of sp³-hybridized carbons (Fsp3) is 0.750. The average molecular weight is 137 g/mol. The molecule has 0 aliphatic heterocycles. The van der Waals surface area contributed by atoms with Gasteiger partial charge in [-0.1, -0.05) is 0 Å². The molecular weight excluding hydrogens is 127 g/mol. The molecule has 0 saturated heterocycles. The highest BCUT2D eigenvalue weighted by atomic mass is 31.2. The van der Waals surface area contributed by atoms with Gasteiger partial charge in [0.1, 0.15) is 0 Å². The standard InChI is InChI=1S/C4H10O3P/c1-4-8(5,6-2)7-3/h4H,1-3H3/q-1. The Kier molecular flexibility index (Phi) is 3.29. The summed E-state index contributed by atoms with van der Waals surface area (Å²) in [5.41, 5.74) is 0. The molecule has 0 saturated carbocycles. The zero-order chi connectivity index (χ0) is 6.62. The Morgan fingerprint density at radius 1 is 1.38 bits per heavy atom. The summed E-state index contributed by atoms with van der Waals surface area (Å²) < 4.78 is 19.8. The zero-order valence-electron chi connectivity index (χ0n) is 5.25. The van der Waals surface area contributed by atoms with Gasteiger partial charge in [0, 0.05) is 14.2 Å². The SMILES string of the molecule is C[CH-]P(=O)(OC)OC. The summed E-state index contributed by atoms with van der Waals surface area (Å²) in [5, 5.41) is 0. The van der Waals surface area contributed by atoms with Crippen molar-refractivity contribution in [1.82, 2.24) is 0 Å².